The van der Waals surface area contributed by atoms with Gasteiger partial charge in [0.1, 0.15) is 5.76 Å². The SMILES string of the molecule is CC1=CCN(Cc2ccoc2CNCC(C)C)CC1. The van der Waals surface area contributed by atoms with Gasteiger partial charge < -0.3 is 9.73 Å². The third kappa shape index (κ3) is 4.51. The molecule has 0 saturated heterocycles. The van der Waals surface area contributed by atoms with Gasteiger partial charge in [0.15, 0.2) is 0 Å². The first kappa shape index (κ1) is 14.4. The molecule has 19 heavy (non-hydrogen) atoms. The highest BCUT2D eigenvalue weighted by atomic mass is 16.3. The van der Waals surface area contributed by atoms with E-state index in [2.05, 4.69) is 43.1 Å². The van der Waals surface area contributed by atoms with Gasteiger partial charge in [0, 0.05) is 25.2 Å². The van der Waals surface area contributed by atoms with Gasteiger partial charge >= 0.3 is 0 Å². The standard InChI is InChI=1S/C16H26N2O/c1-13(2)10-17-11-16-15(6-9-19-16)12-18-7-4-14(3)5-8-18/h4,6,9,13,17H,5,7-8,10-12H2,1-3H3. The Kier molecular flexibility index (Phi) is 5.23. The summed E-state index contributed by atoms with van der Waals surface area (Å²) in [4.78, 5) is 2.48. The van der Waals surface area contributed by atoms with Gasteiger partial charge in [-0.1, -0.05) is 25.5 Å². The molecule has 0 spiro atoms. The molecule has 0 saturated carbocycles. The summed E-state index contributed by atoms with van der Waals surface area (Å²) < 4.78 is 5.60. The van der Waals surface area contributed by atoms with Gasteiger partial charge in [0.05, 0.1) is 12.8 Å². The van der Waals surface area contributed by atoms with Crippen molar-refractivity contribution >= 4 is 0 Å². The van der Waals surface area contributed by atoms with Crippen LogP contribution in [-0.4, -0.2) is 24.5 Å². The van der Waals surface area contributed by atoms with Gasteiger partial charge in [-0.05, 0) is 31.9 Å². The Bertz CT molecular complexity index is 420. The maximum atomic E-state index is 5.60. The quantitative estimate of drug-likeness (QED) is 0.798. The molecule has 2 heterocycles. The van der Waals surface area contributed by atoms with Gasteiger partial charge in [0.2, 0.25) is 0 Å². The van der Waals surface area contributed by atoms with Crippen LogP contribution < -0.4 is 5.32 Å². The Labute approximate surface area is 116 Å². The molecule has 1 aromatic rings. The summed E-state index contributed by atoms with van der Waals surface area (Å²) in [6, 6.07) is 2.11. The fraction of sp³-hybridized carbons (Fsp3) is 0.625. The maximum absolute atomic E-state index is 5.60. The lowest BCUT2D eigenvalue weighted by Crippen LogP contribution is -2.28. The van der Waals surface area contributed by atoms with Crippen LogP contribution >= 0.6 is 0 Å². The van der Waals surface area contributed by atoms with E-state index in [1.807, 2.05) is 6.26 Å². The zero-order valence-corrected chi connectivity index (χ0v) is 12.4. The molecule has 3 heteroatoms. The van der Waals surface area contributed by atoms with E-state index in [9.17, 15) is 0 Å². The number of hydrogen-bond acceptors (Lipinski definition) is 3. The van der Waals surface area contributed by atoms with E-state index < -0.39 is 0 Å². The highest BCUT2D eigenvalue weighted by molar-refractivity contribution is 5.17. The summed E-state index contributed by atoms with van der Waals surface area (Å²) >= 11 is 0. The molecule has 1 aliphatic rings. The van der Waals surface area contributed by atoms with Crippen molar-refractivity contribution in [2.75, 3.05) is 19.6 Å². The lowest BCUT2D eigenvalue weighted by atomic mass is 10.1. The van der Waals surface area contributed by atoms with E-state index >= 15 is 0 Å². The lowest BCUT2D eigenvalue weighted by Gasteiger charge is -2.25. The molecule has 0 aliphatic carbocycles. The van der Waals surface area contributed by atoms with Crippen LogP contribution in [0.5, 0.6) is 0 Å². The molecule has 1 aliphatic heterocycles. The van der Waals surface area contributed by atoms with Crippen LogP contribution in [0.4, 0.5) is 0 Å². The van der Waals surface area contributed by atoms with Crippen LogP contribution in [0.25, 0.3) is 0 Å². The monoisotopic (exact) mass is 262 g/mol. The molecule has 0 bridgehead atoms. The van der Waals surface area contributed by atoms with Crippen LogP contribution in [-0.2, 0) is 13.1 Å². The predicted molar refractivity (Wildman–Crippen MR) is 78.9 cm³/mol. The molecule has 2 rings (SSSR count). The Morgan fingerprint density at radius 3 is 2.95 bits per heavy atom. The molecule has 3 nitrogen and oxygen atoms in total. The Balaban J connectivity index is 1.85. The number of hydrogen-bond donors (Lipinski definition) is 1. The molecule has 1 N–H and O–H groups in total. The number of nitrogens with one attached hydrogen (secondary N) is 1. The van der Waals surface area contributed by atoms with Crippen molar-refractivity contribution in [2.45, 2.75) is 40.3 Å². The van der Waals surface area contributed by atoms with Crippen LogP contribution in [0.15, 0.2) is 28.4 Å². The van der Waals surface area contributed by atoms with E-state index in [0.717, 1.165) is 38.5 Å². The van der Waals surface area contributed by atoms with E-state index in [1.54, 1.807) is 0 Å². The molecule has 0 radical (unpaired) electrons. The minimum absolute atomic E-state index is 0.675. The average molecular weight is 262 g/mol. The Hall–Kier alpha value is -1.06. The van der Waals surface area contributed by atoms with Crippen LogP contribution in [0.2, 0.25) is 0 Å². The Morgan fingerprint density at radius 1 is 1.42 bits per heavy atom. The van der Waals surface area contributed by atoms with Gasteiger partial charge in [-0.2, -0.15) is 0 Å². The van der Waals surface area contributed by atoms with Crippen molar-refractivity contribution in [3.05, 3.63) is 35.3 Å². The van der Waals surface area contributed by atoms with Crippen LogP contribution in [0.1, 0.15) is 38.5 Å². The summed E-state index contributed by atoms with van der Waals surface area (Å²) in [5.74, 6) is 1.76. The molecule has 1 aromatic heterocycles. The van der Waals surface area contributed by atoms with Crippen LogP contribution in [0, 0.1) is 5.92 Å². The molecule has 0 aromatic carbocycles. The average Bonchev–Trinajstić information content (AvgIpc) is 2.79. The van der Waals surface area contributed by atoms with Gasteiger partial charge in [-0.15, -0.1) is 0 Å². The van der Waals surface area contributed by atoms with Crippen molar-refractivity contribution in [1.29, 1.82) is 0 Å². The molecule has 106 valence electrons. The lowest BCUT2D eigenvalue weighted by molar-refractivity contribution is 0.283. The van der Waals surface area contributed by atoms with Gasteiger partial charge in [-0.3, -0.25) is 4.90 Å². The topological polar surface area (TPSA) is 28.4 Å². The normalized spacial score (nSPS) is 16.9. The smallest absolute Gasteiger partial charge is 0.122 e. The fourth-order valence-electron chi connectivity index (χ4n) is 2.33. The predicted octanol–water partition coefficient (Wildman–Crippen LogP) is 3.18. The van der Waals surface area contributed by atoms with Crippen molar-refractivity contribution in [2.24, 2.45) is 5.92 Å². The minimum Gasteiger partial charge on any atom is -0.468 e. The largest absolute Gasteiger partial charge is 0.468 e. The highest BCUT2D eigenvalue weighted by Gasteiger charge is 2.13. The Morgan fingerprint density at radius 2 is 2.26 bits per heavy atom. The van der Waals surface area contributed by atoms with Crippen molar-refractivity contribution in [1.82, 2.24) is 10.2 Å². The van der Waals surface area contributed by atoms with E-state index in [0.29, 0.717) is 5.92 Å². The van der Waals surface area contributed by atoms with Crippen molar-refractivity contribution in [3.63, 3.8) is 0 Å². The number of nitrogens with zero attached hydrogens (tertiary/aromatic N) is 1. The maximum Gasteiger partial charge on any atom is 0.122 e. The molecule has 0 fully saturated rings. The summed E-state index contributed by atoms with van der Waals surface area (Å²) in [5.41, 5.74) is 2.84. The number of furan rings is 1. The molecule has 0 amide bonds. The second-order valence-electron chi connectivity index (χ2n) is 5.93. The third-order valence-electron chi connectivity index (χ3n) is 3.59. The minimum atomic E-state index is 0.675. The first-order valence-corrected chi connectivity index (χ1v) is 7.29. The van der Waals surface area contributed by atoms with Gasteiger partial charge in [-0.25, -0.2) is 0 Å². The first-order chi connectivity index (χ1) is 9.15. The summed E-state index contributed by atoms with van der Waals surface area (Å²) in [7, 11) is 0. The number of rotatable bonds is 6. The zero-order valence-electron chi connectivity index (χ0n) is 12.4. The van der Waals surface area contributed by atoms with Gasteiger partial charge in [0.25, 0.3) is 0 Å². The molecular weight excluding hydrogens is 236 g/mol. The summed E-state index contributed by atoms with van der Waals surface area (Å²) in [5, 5.41) is 3.45. The van der Waals surface area contributed by atoms with Crippen molar-refractivity contribution < 1.29 is 4.42 Å². The first-order valence-electron chi connectivity index (χ1n) is 7.29. The summed E-state index contributed by atoms with van der Waals surface area (Å²) in [6.07, 6.45) is 5.34. The molecule has 0 atom stereocenters. The second kappa shape index (κ2) is 6.92. The summed E-state index contributed by atoms with van der Waals surface area (Å²) in [6.45, 7) is 11.8. The van der Waals surface area contributed by atoms with Crippen molar-refractivity contribution in [3.8, 4) is 0 Å². The van der Waals surface area contributed by atoms with E-state index in [4.69, 9.17) is 4.42 Å². The zero-order chi connectivity index (χ0) is 13.7. The fourth-order valence-corrected chi connectivity index (χ4v) is 2.33. The highest BCUT2D eigenvalue weighted by Crippen LogP contribution is 2.17. The van der Waals surface area contributed by atoms with E-state index in [-0.39, 0.29) is 0 Å². The molecule has 0 unspecified atom stereocenters. The molecular formula is C16H26N2O. The third-order valence-corrected chi connectivity index (χ3v) is 3.59. The second-order valence-corrected chi connectivity index (χ2v) is 5.93. The van der Waals surface area contributed by atoms with Crippen LogP contribution in [0.3, 0.4) is 0 Å². The van der Waals surface area contributed by atoms with E-state index in [1.165, 1.54) is 17.6 Å².